The summed E-state index contributed by atoms with van der Waals surface area (Å²) < 4.78 is 1.49. The summed E-state index contributed by atoms with van der Waals surface area (Å²) >= 11 is 0. The maximum Gasteiger partial charge on any atom is 0.251 e. The normalized spacial score (nSPS) is 21.0. The van der Waals surface area contributed by atoms with Crippen LogP contribution in [-0.2, 0) is 20.0 Å². The van der Waals surface area contributed by atoms with Crippen molar-refractivity contribution >= 4 is 34.4 Å². The molecule has 4 amide bonds. The molecule has 1 saturated carbocycles. The van der Waals surface area contributed by atoms with Crippen LogP contribution in [0.3, 0.4) is 0 Å². The summed E-state index contributed by atoms with van der Waals surface area (Å²) in [4.78, 5) is 54.9. The van der Waals surface area contributed by atoms with Gasteiger partial charge in [0.1, 0.15) is 17.7 Å². The quantitative estimate of drug-likeness (QED) is 0.179. The lowest BCUT2D eigenvalue weighted by Crippen LogP contribution is -2.64. The molecule has 8 N–H and O–H groups in total. The minimum absolute atomic E-state index is 0.00290. The highest BCUT2D eigenvalue weighted by Gasteiger charge is 2.49. The number of nitrogens with two attached hydrogens (primary N) is 2. The number of nitrogens with zero attached hydrogens (tertiary/aromatic N) is 4. The number of hydrogen-bond acceptors (Lipinski definition) is 9. The summed E-state index contributed by atoms with van der Waals surface area (Å²) in [5.74, 6) is -2.62. The fraction of sp³-hybridized carbons (Fsp3) is 0.500. The topological polar surface area (TPSA) is 219 Å². The molecule has 1 aliphatic carbocycles. The molecule has 0 radical (unpaired) electrons. The molecule has 2 aliphatic rings. The van der Waals surface area contributed by atoms with Crippen LogP contribution in [0.1, 0.15) is 74.5 Å². The minimum atomic E-state index is -1.62. The third-order valence-corrected chi connectivity index (χ3v) is 9.17. The first-order valence-corrected chi connectivity index (χ1v) is 15.6. The van der Waals surface area contributed by atoms with E-state index < -0.39 is 59.0 Å². The number of aliphatic hydroxyl groups is 2. The number of nitrogens with one attached hydrogen (secondary N) is 2. The lowest BCUT2D eigenvalue weighted by Gasteiger charge is -2.41. The summed E-state index contributed by atoms with van der Waals surface area (Å²) in [6.07, 6.45) is 2.79. The number of carbonyl (C=O) groups is 4. The molecule has 246 valence electrons. The third kappa shape index (κ3) is 6.59. The van der Waals surface area contributed by atoms with Crippen molar-refractivity contribution < 1.29 is 29.4 Å². The first kappa shape index (κ1) is 33.0. The van der Waals surface area contributed by atoms with E-state index >= 15 is 0 Å². The van der Waals surface area contributed by atoms with E-state index in [1.807, 2.05) is 30.3 Å². The number of hydrogen-bond donors (Lipinski definition) is 6. The monoisotopic (exact) mass is 634 g/mol. The van der Waals surface area contributed by atoms with Crippen molar-refractivity contribution in [1.29, 1.82) is 0 Å². The van der Waals surface area contributed by atoms with Crippen LogP contribution >= 0.6 is 0 Å². The molecule has 14 heteroatoms. The van der Waals surface area contributed by atoms with E-state index in [1.165, 1.54) is 15.8 Å². The lowest BCUT2D eigenvalue weighted by atomic mass is 9.77. The molecular formula is C32H42N8O6. The predicted molar refractivity (Wildman–Crippen MR) is 168 cm³/mol. The summed E-state index contributed by atoms with van der Waals surface area (Å²) in [5, 5.41) is 37.1. The average molecular weight is 635 g/mol. The van der Waals surface area contributed by atoms with E-state index in [1.54, 1.807) is 26.0 Å². The molecule has 2 unspecified atom stereocenters. The Labute approximate surface area is 266 Å². The molecule has 1 saturated heterocycles. The second-order valence-electron chi connectivity index (χ2n) is 12.9. The fourth-order valence-corrected chi connectivity index (χ4v) is 6.68. The van der Waals surface area contributed by atoms with E-state index in [-0.39, 0.29) is 19.5 Å². The number of amides is 4. The summed E-state index contributed by atoms with van der Waals surface area (Å²) in [7, 11) is 0. The van der Waals surface area contributed by atoms with Gasteiger partial charge in [-0.3, -0.25) is 19.2 Å². The van der Waals surface area contributed by atoms with E-state index in [0.717, 1.165) is 17.2 Å². The molecule has 2 fully saturated rings. The Kier molecular flexibility index (Phi) is 9.42. The third-order valence-electron chi connectivity index (χ3n) is 9.17. The van der Waals surface area contributed by atoms with E-state index in [9.17, 15) is 29.4 Å². The van der Waals surface area contributed by atoms with Gasteiger partial charge in [-0.25, -0.2) is 4.68 Å². The van der Waals surface area contributed by atoms with Gasteiger partial charge in [-0.1, -0.05) is 54.8 Å². The van der Waals surface area contributed by atoms with Crippen molar-refractivity contribution in [3.8, 4) is 0 Å². The van der Waals surface area contributed by atoms with E-state index in [2.05, 4.69) is 20.9 Å². The Morgan fingerprint density at radius 3 is 2.43 bits per heavy atom. The first-order valence-electron chi connectivity index (χ1n) is 15.6. The van der Waals surface area contributed by atoms with Crippen LogP contribution < -0.4 is 22.1 Å². The number of likely N-dealkylation sites (tertiary alicyclic amines) is 1. The van der Waals surface area contributed by atoms with Gasteiger partial charge in [-0.05, 0) is 49.6 Å². The lowest BCUT2D eigenvalue weighted by molar-refractivity contribution is -0.143. The molecular weight excluding hydrogens is 592 g/mol. The van der Waals surface area contributed by atoms with E-state index in [4.69, 9.17) is 11.5 Å². The zero-order valence-electron chi connectivity index (χ0n) is 26.1. The van der Waals surface area contributed by atoms with Crippen molar-refractivity contribution in [1.82, 2.24) is 30.5 Å². The zero-order chi connectivity index (χ0) is 33.2. The Bertz CT molecular complexity index is 1610. The Balaban J connectivity index is 1.43. The van der Waals surface area contributed by atoms with Gasteiger partial charge < -0.3 is 37.2 Å². The predicted octanol–water partition coefficient (Wildman–Crippen LogP) is 0.223. The second-order valence-corrected chi connectivity index (χ2v) is 12.9. The van der Waals surface area contributed by atoms with Gasteiger partial charge in [0.05, 0.1) is 23.5 Å². The molecule has 4 atom stereocenters. The van der Waals surface area contributed by atoms with E-state index in [0.29, 0.717) is 36.9 Å². The average Bonchev–Trinajstić information content (AvgIpc) is 3.71. The van der Waals surface area contributed by atoms with Gasteiger partial charge in [0.15, 0.2) is 6.10 Å². The van der Waals surface area contributed by atoms with Gasteiger partial charge in [-0.15, -0.1) is 5.10 Å². The Morgan fingerprint density at radius 1 is 1.09 bits per heavy atom. The number of carbonyl (C=O) groups excluding carboxylic acids is 4. The second kappa shape index (κ2) is 13.1. The largest absolute Gasteiger partial charge is 0.384 e. The van der Waals surface area contributed by atoms with Crippen LogP contribution in [0.5, 0.6) is 0 Å². The van der Waals surface area contributed by atoms with Gasteiger partial charge in [0.2, 0.25) is 17.7 Å². The molecule has 3 aromatic rings. The highest BCUT2D eigenvalue weighted by atomic mass is 16.3. The molecule has 0 bridgehead atoms. The van der Waals surface area contributed by atoms with Crippen molar-refractivity contribution in [2.75, 3.05) is 13.1 Å². The van der Waals surface area contributed by atoms with Gasteiger partial charge >= 0.3 is 0 Å². The van der Waals surface area contributed by atoms with Crippen LogP contribution in [-0.4, -0.2) is 90.6 Å². The minimum Gasteiger partial charge on any atom is -0.384 e. The van der Waals surface area contributed by atoms with Crippen molar-refractivity contribution in [3.63, 3.8) is 0 Å². The number of benzene rings is 2. The number of aromatic nitrogens is 3. The Hall–Kier alpha value is -4.40. The maximum absolute atomic E-state index is 14.1. The van der Waals surface area contributed by atoms with Gasteiger partial charge in [-0.2, -0.15) is 0 Å². The van der Waals surface area contributed by atoms with Crippen LogP contribution in [0, 0.1) is 0 Å². The summed E-state index contributed by atoms with van der Waals surface area (Å²) in [5.41, 5.74) is 9.64. The molecule has 2 aromatic carbocycles. The number of aliphatic hydroxyl groups excluding tert-OH is 1. The van der Waals surface area contributed by atoms with Gasteiger partial charge in [0.25, 0.3) is 5.91 Å². The van der Waals surface area contributed by atoms with Crippen molar-refractivity contribution in [2.45, 2.75) is 87.7 Å². The van der Waals surface area contributed by atoms with Crippen molar-refractivity contribution in [2.24, 2.45) is 11.5 Å². The smallest absolute Gasteiger partial charge is 0.251 e. The molecule has 46 heavy (non-hydrogen) atoms. The highest BCUT2D eigenvalue weighted by molar-refractivity contribution is 6.01. The fourth-order valence-electron chi connectivity index (χ4n) is 6.68. The molecule has 1 aromatic heterocycles. The summed E-state index contributed by atoms with van der Waals surface area (Å²) in [6, 6.07) is 9.95. The maximum atomic E-state index is 14.1. The van der Waals surface area contributed by atoms with Gasteiger partial charge in [0, 0.05) is 25.1 Å². The SMILES string of the molecule is CC(C)(O)c1cnnn1[C@H]1C[C@@H](C(=O)NC2(C(O)C(N)=O)CCCCC2)N(C(=O)C(CN)NC(=O)c2ccc3ccccc3c2)C1. The molecule has 5 rings (SSSR count). The highest BCUT2D eigenvalue weighted by Crippen LogP contribution is 2.35. The summed E-state index contributed by atoms with van der Waals surface area (Å²) in [6.45, 7) is 2.91. The number of primary amides is 1. The number of fused-ring (bicyclic) bond motifs is 1. The molecule has 0 spiro atoms. The van der Waals surface area contributed by atoms with Crippen molar-refractivity contribution in [3.05, 3.63) is 59.9 Å². The molecule has 1 aliphatic heterocycles. The Morgan fingerprint density at radius 2 is 1.78 bits per heavy atom. The standard InChI is InChI=1S/C32H42N8O6/c1-31(2,46)25-17-35-38-40(25)22-15-24(29(44)37-32(26(41)27(34)42)12-6-3-7-13-32)39(18-22)30(45)23(16-33)36-28(43)21-11-10-19-8-4-5-9-20(19)14-21/h4-5,8-11,14,17,22-24,26,41,46H,3,6-7,12-13,15-16,18,33H2,1-2H3,(H2,34,42)(H,36,43)(H,37,44)/t22-,23?,24-,26?/m0/s1. The van der Waals surface area contributed by atoms with Crippen LogP contribution in [0.2, 0.25) is 0 Å². The van der Waals surface area contributed by atoms with Crippen LogP contribution in [0.25, 0.3) is 10.8 Å². The zero-order valence-corrected chi connectivity index (χ0v) is 26.1. The number of rotatable bonds is 10. The molecule has 2 heterocycles. The first-order chi connectivity index (χ1) is 21.8. The molecule has 14 nitrogen and oxygen atoms in total. The van der Waals surface area contributed by atoms with Crippen LogP contribution in [0.15, 0.2) is 48.7 Å². The van der Waals surface area contributed by atoms with Crippen LogP contribution in [0.4, 0.5) is 0 Å².